The van der Waals surface area contributed by atoms with Crippen LogP contribution in [-0.2, 0) is 9.05 Å². The molecule has 1 aromatic carbocycles. The smallest absolute Gasteiger partial charge is 0.274 e. The van der Waals surface area contributed by atoms with E-state index in [1.54, 1.807) is 0 Å². The first-order chi connectivity index (χ1) is 7.84. The average Bonchev–Trinajstić information content (AvgIpc) is 2.24. The highest BCUT2D eigenvalue weighted by Crippen LogP contribution is 2.27. The van der Waals surface area contributed by atoms with E-state index in [-0.39, 0.29) is 16.3 Å². The number of nitro benzene ring substituents is 1. The molecule has 0 aliphatic rings. The predicted molar refractivity (Wildman–Crippen MR) is 61.9 cm³/mol. The van der Waals surface area contributed by atoms with E-state index in [0.717, 1.165) is 18.2 Å². The predicted octanol–water partition coefficient (Wildman–Crippen LogP) is 2.31. The van der Waals surface area contributed by atoms with Gasteiger partial charge in [-0.05, 0) is 6.42 Å². The molecule has 0 saturated heterocycles. The summed E-state index contributed by atoms with van der Waals surface area (Å²) in [5.74, 6) is 0.111. The second-order valence-electron chi connectivity index (χ2n) is 3.21. The lowest BCUT2D eigenvalue weighted by Gasteiger charge is -2.05. The molecule has 0 N–H and O–H groups in total. The van der Waals surface area contributed by atoms with Gasteiger partial charge in [-0.2, -0.15) is 0 Å². The Balaban J connectivity index is 3.24. The molecule has 17 heavy (non-hydrogen) atoms. The van der Waals surface area contributed by atoms with E-state index in [9.17, 15) is 18.5 Å². The maximum Gasteiger partial charge on any atom is 0.274 e. The normalized spacial score (nSPS) is 11.2. The third-order valence-corrected chi connectivity index (χ3v) is 3.16. The van der Waals surface area contributed by atoms with E-state index in [0.29, 0.717) is 13.0 Å². The van der Waals surface area contributed by atoms with Gasteiger partial charge in [-0.15, -0.1) is 0 Å². The first-order valence-corrected chi connectivity index (χ1v) is 7.02. The van der Waals surface area contributed by atoms with Gasteiger partial charge in [0.2, 0.25) is 0 Å². The molecule has 0 aliphatic carbocycles. The number of nitro groups is 1. The van der Waals surface area contributed by atoms with Gasteiger partial charge in [-0.3, -0.25) is 10.1 Å². The summed E-state index contributed by atoms with van der Waals surface area (Å²) >= 11 is 0. The quantitative estimate of drug-likeness (QED) is 0.469. The Kier molecular flexibility index (Phi) is 4.30. The summed E-state index contributed by atoms with van der Waals surface area (Å²) in [5.41, 5.74) is -0.377. The van der Waals surface area contributed by atoms with Crippen LogP contribution in [0.15, 0.2) is 23.1 Å². The molecule has 1 rings (SSSR count). The van der Waals surface area contributed by atoms with Crippen molar-refractivity contribution in [3.05, 3.63) is 28.3 Å². The van der Waals surface area contributed by atoms with Crippen molar-refractivity contribution in [1.82, 2.24) is 0 Å². The Labute approximate surface area is 103 Å². The van der Waals surface area contributed by atoms with Crippen LogP contribution in [0.4, 0.5) is 5.69 Å². The molecule has 0 radical (unpaired) electrons. The van der Waals surface area contributed by atoms with Gasteiger partial charge in [-0.1, -0.05) is 6.92 Å². The molecule has 94 valence electrons. The molecule has 8 heteroatoms. The molecular weight excluding hydrogens is 270 g/mol. The summed E-state index contributed by atoms with van der Waals surface area (Å²) in [7, 11) is 1.12. The van der Waals surface area contributed by atoms with Crippen molar-refractivity contribution in [3.8, 4) is 5.75 Å². The fourth-order valence-electron chi connectivity index (χ4n) is 1.11. The van der Waals surface area contributed by atoms with Gasteiger partial charge in [-0.25, -0.2) is 8.42 Å². The van der Waals surface area contributed by atoms with Crippen molar-refractivity contribution in [2.45, 2.75) is 18.2 Å². The van der Waals surface area contributed by atoms with Crippen molar-refractivity contribution >= 4 is 25.4 Å². The molecule has 0 unspecified atom stereocenters. The molecule has 0 aromatic heterocycles. The molecule has 1 aromatic rings. The highest BCUT2D eigenvalue weighted by molar-refractivity contribution is 8.13. The van der Waals surface area contributed by atoms with Gasteiger partial charge in [0.05, 0.1) is 22.5 Å². The van der Waals surface area contributed by atoms with Crippen LogP contribution in [0.25, 0.3) is 0 Å². The van der Waals surface area contributed by atoms with Crippen LogP contribution in [0.2, 0.25) is 0 Å². The SMILES string of the molecule is CCCOc1cc([N+](=O)[O-])cc(S(=O)(=O)Cl)c1. The zero-order valence-electron chi connectivity index (χ0n) is 8.92. The second-order valence-corrected chi connectivity index (χ2v) is 5.77. The molecule has 0 saturated carbocycles. The van der Waals surface area contributed by atoms with E-state index in [4.69, 9.17) is 15.4 Å². The molecule has 0 aliphatic heterocycles. The molecule has 0 spiro atoms. The minimum atomic E-state index is -4.02. The monoisotopic (exact) mass is 279 g/mol. The summed E-state index contributed by atoms with van der Waals surface area (Å²) in [6, 6.07) is 3.20. The highest BCUT2D eigenvalue weighted by Gasteiger charge is 2.18. The van der Waals surface area contributed by atoms with E-state index in [1.165, 1.54) is 0 Å². The maximum atomic E-state index is 11.1. The summed E-state index contributed by atoms with van der Waals surface area (Å²) in [5, 5.41) is 10.6. The van der Waals surface area contributed by atoms with Crippen LogP contribution in [0.1, 0.15) is 13.3 Å². The fourth-order valence-corrected chi connectivity index (χ4v) is 1.89. The number of benzene rings is 1. The van der Waals surface area contributed by atoms with Crippen molar-refractivity contribution < 1.29 is 18.1 Å². The van der Waals surface area contributed by atoms with Gasteiger partial charge >= 0.3 is 0 Å². The van der Waals surface area contributed by atoms with Gasteiger partial charge in [0, 0.05) is 22.8 Å². The van der Waals surface area contributed by atoms with Crippen LogP contribution in [0.3, 0.4) is 0 Å². The first-order valence-electron chi connectivity index (χ1n) is 4.71. The van der Waals surface area contributed by atoms with E-state index in [1.807, 2.05) is 6.92 Å². The Bertz CT molecular complexity index is 528. The van der Waals surface area contributed by atoms with E-state index < -0.39 is 14.0 Å². The van der Waals surface area contributed by atoms with E-state index in [2.05, 4.69) is 0 Å². The number of ether oxygens (including phenoxy) is 1. The van der Waals surface area contributed by atoms with Crippen molar-refractivity contribution in [3.63, 3.8) is 0 Å². The first kappa shape index (κ1) is 13.7. The van der Waals surface area contributed by atoms with Gasteiger partial charge in [0.1, 0.15) is 5.75 Å². The van der Waals surface area contributed by atoms with Crippen molar-refractivity contribution in [1.29, 1.82) is 0 Å². The lowest BCUT2D eigenvalue weighted by Crippen LogP contribution is -1.99. The Morgan fingerprint density at radius 3 is 2.53 bits per heavy atom. The van der Waals surface area contributed by atoms with E-state index >= 15 is 0 Å². The number of non-ortho nitro benzene ring substituents is 1. The molecule has 0 atom stereocenters. The lowest BCUT2D eigenvalue weighted by atomic mass is 10.3. The topological polar surface area (TPSA) is 86.5 Å². The molecule has 0 bridgehead atoms. The van der Waals surface area contributed by atoms with Crippen LogP contribution < -0.4 is 4.74 Å². The Morgan fingerprint density at radius 1 is 1.41 bits per heavy atom. The van der Waals surface area contributed by atoms with Crippen molar-refractivity contribution in [2.75, 3.05) is 6.61 Å². The molecule has 0 heterocycles. The van der Waals surface area contributed by atoms with Gasteiger partial charge in [0.15, 0.2) is 0 Å². The molecule has 0 fully saturated rings. The number of hydrogen-bond acceptors (Lipinski definition) is 5. The minimum Gasteiger partial charge on any atom is -0.493 e. The average molecular weight is 280 g/mol. The van der Waals surface area contributed by atoms with Crippen molar-refractivity contribution in [2.24, 2.45) is 0 Å². The standard InChI is InChI=1S/C9H10ClNO5S/c1-2-3-16-8-4-7(11(12)13)5-9(6-8)17(10,14)15/h4-6H,2-3H2,1H3. The lowest BCUT2D eigenvalue weighted by molar-refractivity contribution is -0.385. The van der Waals surface area contributed by atoms with Gasteiger partial charge < -0.3 is 4.74 Å². The van der Waals surface area contributed by atoms with Crippen LogP contribution >= 0.6 is 10.7 Å². The third kappa shape index (κ3) is 3.86. The van der Waals surface area contributed by atoms with Crippen LogP contribution in [-0.4, -0.2) is 19.9 Å². The number of rotatable bonds is 5. The zero-order chi connectivity index (χ0) is 13.1. The largest absolute Gasteiger partial charge is 0.493 e. The Hall–Kier alpha value is -1.34. The molecular formula is C9H10ClNO5S. The number of halogens is 1. The fraction of sp³-hybridized carbons (Fsp3) is 0.333. The van der Waals surface area contributed by atoms with Gasteiger partial charge in [0.25, 0.3) is 14.7 Å². The maximum absolute atomic E-state index is 11.1. The third-order valence-electron chi connectivity index (χ3n) is 1.83. The summed E-state index contributed by atoms with van der Waals surface area (Å²) in [4.78, 5) is 9.57. The molecule has 6 nitrogen and oxygen atoms in total. The second kappa shape index (κ2) is 5.33. The summed E-state index contributed by atoms with van der Waals surface area (Å²) in [6.45, 7) is 2.19. The highest BCUT2D eigenvalue weighted by atomic mass is 35.7. The number of hydrogen-bond donors (Lipinski definition) is 0. The summed E-state index contributed by atoms with van der Waals surface area (Å²) < 4.78 is 27.4. The number of nitrogens with zero attached hydrogens (tertiary/aromatic N) is 1. The van der Waals surface area contributed by atoms with Crippen LogP contribution in [0.5, 0.6) is 5.75 Å². The molecule has 0 amide bonds. The zero-order valence-corrected chi connectivity index (χ0v) is 10.5. The van der Waals surface area contributed by atoms with Crippen LogP contribution in [0, 0.1) is 10.1 Å². The minimum absolute atomic E-state index is 0.111. The Morgan fingerprint density at radius 2 is 2.06 bits per heavy atom. The summed E-state index contributed by atoms with van der Waals surface area (Å²) in [6.07, 6.45) is 0.700.